The Morgan fingerprint density at radius 3 is 3.17 bits per heavy atom. The van der Waals surface area contributed by atoms with Gasteiger partial charge >= 0.3 is 5.69 Å². The Labute approximate surface area is 110 Å². The lowest BCUT2D eigenvalue weighted by molar-refractivity contribution is 0.992. The van der Waals surface area contributed by atoms with Crippen LogP contribution in [0.3, 0.4) is 0 Å². The molecule has 0 aliphatic rings. The molecule has 3 aromatic rings. The number of hydrogen-bond acceptors (Lipinski definition) is 5. The van der Waals surface area contributed by atoms with Crippen molar-refractivity contribution >= 4 is 34.4 Å². The van der Waals surface area contributed by atoms with E-state index in [2.05, 4.69) is 20.5 Å². The standard InChI is InChI=1S/C10H8ClN5OS/c11-7-2-1-6(18-7)4-12-8-3-9-14-15-10(17)16(9)5-13-8/h1-3,5,12H,4H2,(H,15,17). The summed E-state index contributed by atoms with van der Waals surface area (Å²) in [5.74, 6) is 0.658. The normalized spacial score (nSPS) is 10.9. The summed E-state index contributed by atoms with van der Waals surface area (Å²) >= 11 is 7.36. The van der Waals surface area contributed by atoms with E-state index in [0.717, 1.165) is 9.21 Å². The van der Waals surface area contributed by atoms with Gasteiger partial charge in [0.25, 0.3) is 0 Å². The van der Waals surface area contributed by atoms with Crippen LogP contribution < -0.4 is 11.0 Å². The van der Waals surface area contributed by atoms with Gasteiger partial charge in [-0.05, 0) is 12.1 Å². The SMILES string of the molecule is O=c1[nH]nc2cc(NCc3ccc(Cl)s3)ncn12. The number of aromatic amines is 1. The van der Waals surface area contributed by atoms with Crippen LogP contribution in [0, 0.1) is 0 Å². The van der Waals surface area contributed by atoms with Gasteiger partial charge in [0.05, 0.1) is 10.9 Å². The molecule has 0 spiro atoms. The van der Waals surface area contributed by atoms with E-state index >= 15 is 0 Å². The molecule has 0 unspecified atom stereocenters. The van der Waals surface area contributed by atoms with Gasteiger partial charge in [0.15, 0.2) is 5.65 Å². The van der Waals surface area contributed by atoms with Crippen LogP contribution in [0.15, 0.2) is 29.3 Å². The fraction of sp³-hybridized carbons (Fsp3) is 0.100. The molecule has 0 aromatic carbocycles. The summed E-state index contributed by atoms with van der Waals surface area (Å²) in [7, 11) is 0. The number of aromatic nitrogens is 4. The second kappa shape index (κ2) is 4.43. The van der Waals surface area contributed by atoms with Gasteiger partial charge in [-0.3, -0.25) is 0 Å². The molecule has 0 atom stereocenters. The first kappa shape index (κ1) is 11.2. The molecule has 0 bridgehead atoms. The first-order valence-corrected chi connectivity index (χ1v) is 6.33. The summed E-state index contributed by atoms with van der Waals surface area (Å²) in [6, 6.07) is 5.51. The van der Waals surface area contributed by atoms with Crippen LogP contribution in [0.25, 0.3) is 5.65 Å². The molecular formula is C10H8ClN5OS. The van der Waals surface area contributed by atoms with Gasteiger partial charge in [-0.25, -0.2) is 19.3 Å². The van der Waals surface area contributed by atoms with Crippen molar-refractivity contribution in [2.75, 3.05) is 5.32 Å². The number of nitrogens with zero attached hydrogens (tertiary/aromatic N) is 3. The zero-order valence-corrected chi connectivity index (χ0v) is 10.6. The van der Waals surface area contributed by atoms with Gasteiger partial charge in [0.1, 0.15) is 12.1 Å². The molecular weight excluding hydrogens is 274 g/mol. The number of fused-ring (bicyclic) bond motifs is 1. The van der Waals surface area contributed by atoms with E-state index in [-0.39, 0.29) is 5.69 Å². The fourth-order valence-electron chi connectivity index (χ4n) is 1.53. The second-order valence-corrected chi connectivity index (χ2v) is 5.39. The lowest BCUT2D eigenvalue weighted by Gasteiger charge is -2.03. The van der Waals surface area contributed by atoms with E-state index < -0.39 is 0 Å². The van der Waals surface area contributed by atoms with E-state index in [4.69, 9.17) is 11.6 Å². The fourth-order valence-corrected chi connectivity index (χ4v) is 2.56. The summed E-state index contributed by atoms with van der Waals surface area (Å²) in [4.78, 5) is 16.5. The van der Waals surface area contributed by atoms with Crippen molar-refractivity contribution in [2.24, 2.45) is 0 Å². The zero-order chi connectivity index (χ0) is 12.5. The lowest BCUT2D eigenvalue weighted by atomic mass is 10.4. The summed E-state index contributed by atoms with van der Waals surface area (Å²) in [5, 5.41) is 9.37. The van der Waals surface area contributed by atoms with E-state index in [1.165, 1.54) is 22.1 Å². The minimum Gasteiger partial charge on any atom is -0.365 e. The third kappa shape index (κ3) is 2.09. The largest absolute Gasteiger partial charge is 0.365 e. The molecule has 0 saturated heterocycles. The van der Waals surface area contributed by atoms with E-state index in [1.807, 2.05) is 12.1 Å². The quantitative estimate of drug-likeness (QED) is 0.767. The maximum Gasteiger partial charge on any atom is 0.348 e. The Morgan fingerprint density at radius 1 is 1.50 bits per heavy atom. The van der Waals surface area contributed by atoms with Gasteiger partial charge in [-0.15, -0.1) is 11.3 Å². The van der Waals surface area contributed by atoms with E-state index in [0.29, 0.717) is 18.0 Å². The lowest BCUT2D eigenvalue weighted by Crippen LogP contribution is -2.10. The zero-order valence-electron chi connectivity index (χ0n) is 9.05. The monoisotopic (exact) mass is 281 g/mol. The van der Waals surface area contributed by atoms with Crippen LogP contribution in [0.2, 0.25) is 4.34 Å². The first-order chi connectivity index (χ1) is 8.72. The average molecular weight is 282 g/mol. The highest BCUT2D eigenvalue weighted by Crippen LogP contribution is 2.22. The van der Waals surface area contributed by atoms with Gasteiger partial charge in [0.2, 0.25) is 0 Å². The maximum absolute atomic E-state index is 11.2. The van der Waals surface area contributed by atoms with Crippen molar-refractivity contribution in [1.29, 1.82) is 0 Å². The number of nitrogens with one attached hydrogen (secondary N) is 2. The Bertz CT molecular complexity index is 746. The average Bonchev–Trinajstić information content (AvgIpc) is 2.94. The molecule has 6 nitrogen and oxygen atoms in total. The highest BCUT2D eigenvalue weighted by molar-refractivity contribution is 7.16. The summed E-state index contributed by atoms with van der Waals surface area (Å²) in [6.07, 6.45) is 1.44. The van der Waals surface area contributed by atoms with E-state index in [1.54, 1.807) is 6.07 Å². The maximum atomic E-state index is 11.2. The van der Waals surface area contributed by atoms with Crippen LogP contribution in [0.1, 0.15) is 4.88 Å². The Morgan fingerprint density at radius 2 is 2.39 bits per heavy atom. The highest BCUT2D eigenvalue weighted by Gasteiger charge is 2.03. The predicted molar refractivity (Wildman–Crippen MR) is 70.3 cm³/mol. The van der Waals surface area contributed by atoms with Crippen LogP contribution >= 0.6 is 22.9 Å². The number of thiophene rings is 1. The molecule has 3 aromatic heterocycles. The van der Waals surface area contributed by atoms with Gasteiger partial charge in [0, 0.05) is 10.9 Å². The number of H-pyrrole nitrogens is 1. The molecule has 0 fully saturated rings. The summed E-state index contributed by atoms with van der Waals surface area (Å²) in [5.41, 5.74) is 0.232. The van der Waals surface area contributed by atoms with Crippen LogP contribution in [0.4, 0.5) is 5.82 Å². The Kier molecular flexibility index (Phi) is 2.77. The van der Waals surface area contributed by atoms with Gasteiger partial charge in [-0.1, -0.05) is 11.6 Å². The van der Waals surface area contributed by atoms with Crippen LogP contribution in [-0.2, 0) is 6.54 Å². The van der Waals surface area contributed by atoms with Crippen molar-refractivity contribution in [1.82, 2.24) is 19.6 Å². The Balaban J connectivity index is 1.80. The first-order valence-electron chi connectivity index (χ1n) is 5.13. The molecule has 0 saturated carbocycles. The second-order valence-electron chi connectivity index (χ2n) is 3.59. The number of rotatable bonds is 3. The van der Waals surface area contributed by atoms with Crippen molar-refractivity contribution in [3.05, 3.63) is 44.2 Å². The van der Waals surface area contributed by atoms with Crippen LogP contribution in [0.5, 0.6) is 0 Å². The molecule has 0 radical (unpaired) electrons. The molecule has 92 valence electrons. The number of hydrogen-bond donors (Lipinski definition) is 2. The van der Waals surface area contributed by atoms with Gasteiger partial charge in [-0.2, -0.15) is 5.10 Å². The summed E-state index contributed by atoms with van der Waals surface area (Å²) in [6.45, 7) is 0.634. The molecule has 0 aliphatic carbocycles. The number of halogens is 1. The van der Waals surface area contributed by atoms with Crippen molar-refractivity contribution in [3.63, 3.8) is 0 Å². The minimum atomic E-state index is -0.297. The number of anilines is 1. The Hall–Kier alpha value is -1.86. The van der Waals surface area contributed by atoms with Crippen LogP contribution in [-0.4, -0.2) is 19.6 Å². The van der Waals surface area contributed by atoms with Crippen molar-refractivity contribution < 1.29 is 0 Å². The molecule has 2 N–H and O–H groups in total. The van der Waals surface area contributed by atoms with E-state index in [9.17, 15) is 4.79 Å². The predicted octanol–water partition coefficient (Wildman–Crippen LogP) is 1.74. The third-order valence-corrected chi connectivity index (χ3v) is 3.61. The molecule has 3 heterocycles. The summed E-state index contributed by atoms with van der Waals surface area (Å²) < 4.78 is 2.10. The molecule has 0 aliphatic heterocycles. The van der Waals surface area contributed by atoms with Gasteiger partial charge < -0.3 is 5.32 Å². The molecule has 3 rings (SSSR count). The van der Waals surface area contributed by atoms with Crippen molar-refractivity contribution in [2.45, 2.75) is 6.54 Å². The topological polar surface area (TPSA) is 75.1 Å². The molecule has 8 heteroatoms. The third-order valence-electron chi connectivity index (χ3n) is 2.38. The minimum absolute atomic E-state index is 0.297. The molecule has 0 amide bonds. The molecule has 18 heavy (non-hydrogen) atoms. The van der Waals surface area contributed by atoms with Crippen molar-refractivity contribution in [3.8, 4) is 0 Å². The smallest absolute Gasteiger partial charge is 0.348 e. The highest BCUT2D eigenvalue weighted by atomic mass is 35.5.